The lowest BCUT2D eigenvalue weighted by Gasteiger charge is -2.33. The van der Waals surface area contributed by atoms with E-state index in [9.17, 15) is 4.79 Å². The van der Waals surface area contributed by atoms with E-state index in [-0.39, 0.29) is 11.8 Å². The van der Waals surface area contributed by atoms with Crippen molar-refractivity contribution in [2.75, 3.05) is 26.8 Å². The van der Waals surface area contributed by atoms with Crippen molar-refractivity contribution in [3.63, 3.8) is 0 Å². The van der Waals surface area contributed by atoms with Gasteiger partial charge in [0.1, 0.15) is 11.5 Å². The maximum absolute atomic E-state index is 12.8. The highest BCUT2D eigenvalue weighted by Crippen LogP contribution is 2.35. The van der Waals surface area contributed by atoms with E-state index in [1.54, 1.807) is 19.5 Å². The third kappa shape index (κ3) is 5.02. The number of carbonyl (C=O) groups excluding carboxylic acids is 1. The highest BCUT2D eigenvalue weighted by atomic mass is 16.5. The molecule has 1 aliphatic rings. The molecule has 1 amide bonds. The minimum atomic E-state index is 0.114. The molecule has 3 aromatic rings. The van der Waals surface area contributed by atoms with E-state index in [1.165, 1.54) is 0 Å². The lowest BCUT2D eigenvalue weighted by Crippen LogP contribution is -2.40. The smallest absolute Gasteiger partial charge is 0.226 e. The van der Waals surface area contributed by atoms with Gasteiger partial charge in [0.15, 0.2) is 0 Å². The second kappa shape index (κ2) is 10.1. The highest BCUT2D eigenvalue weighted by Gasteiger charge is 2.28. The average molecular weight is 418 g/mol. The van der Waals surface area contributed by atoms with E-state index in [0.717, 1.165) is 47.8 Å². The van der Waals surface area contributed by atoms with Gasteiger partial charge in [-0.2, -0.15) is 0 Å². The van der Waals surface area contributed by atoms with Crippen LogP contribution >= 0.6 is 0 Å². The molecule has 2 heterocycles. The number of hydrogen-bond donors (Lipinski definition) is 0. The summed E-state index contributed by atoms with van der Waals surface area (Å²) in [7, 11) is 1.66. The highest BCUT2D eigenvalue weighted by molar-refractivity contribution is 5.76. The van der Waals surface area contributed by atoms with E-state index < -0.39 is 0 Å². The summed E-state index contributed by atoms with van der Waals surface area (Å²) >= 11 is 0. The number of hydrogen-bond acceptors (Lipinski definition) is 5. The van der Waals surface area contributed by atoms with Crippen LogP contribution in [-0.2, 0) is 4.79 Å². The molecule has 1 atom stereocenters. The van der Waals surface area contributed by atoms with E-state index >= 15 is 0 Å². The summed E-state index contributed by atoms with van der Waals surface area (Å²) in [6.07, 6.45) is 5.71. The Labute approximate surface area is 182 Å². The molecule has 0 saturated carbocycles. The summed E-state index contributed by atoms with van der Waals surface area (Å²) in [6, 6.07) is 17.4. The number of carbonyl (C=O) groups is 1. The van der Waals surface area contributed by atoms with Gasteiger partial charge in [-0.1, -0.05) is 30.3 Å². The number of rotatable bonds is 7. The van der Waals surface area contributed by atoms with Crippen LogP contribution in [0.2, 0.25) is 0 Å². The predicted octanol–water partition coefficient (Wildman–Crippen LogP) is 4.33. The average Bonchev–Trinajstić information content (AvgIpc) is 2.84. The number of piperidine rings is 1. The number of likely N-dealkylation sites (tertiary alicyclic amines) is 1. The van der Waals surface area contributed by atoms with Gasteiger partial charge in [0.05, 0.1) is 31.5 Å². The molecule has 1 aromatic heterocycles. The third-order valence-electron chi connectivity index (χ3n) is 5.58. The molecular weight excluding hydrogens is 390 g/mol. The molecule has 1 aliphatic heterocycles. The Kier molecular flexibility index (Phi) is 6.77. The molecule has 0 aliphatic carbocycles. The molecule has 0 unspecified atom stereocenters. The van der Waals surface area contributed by atoms with Crippen molar-refractivity contribution in [1.29, 1.82) is 0 Å². The normalized spacial score (nSPS) is 16.0. The van der Waals surface area contributed by atoms with Crippen molar-refractivity contribution in [2.45, 2.75) is 25.2 Å². The standard InChI is InChI=1S/C25H27N3O3/c1-30-22-12-6-5-11-21(22)25-24(26-14-15-27-25)19-8-7-16-28(18-19)23(29)13-17-31-20-9-3-2-4-10-20/h2-6,9-12,14-15,19H,7-8,13,16-18H2,1H3/t19-/m0/s1. The van der Waals surface area contributed by atoms with Gasteiger partial charge < -0.3 is 14.4 Å². The minimum Gasteiger partial charge on any atom is -0.496 e. The molecule has 1 saturated heterocycles. The number of benzene rings is 2. The van der Waals surface area contributed by atoms with Gasteiger partial charge in [0.2, 0.25) is 5.91 Å². The van der Waals surface area contributed by atoms with Crippen molar-refractivity contribution in [1.82, 2.24) is 14.9 Å². The van der Waals surface area contributed by atoms with Gasteiger partial charge in [-0.3, -0.25) is 14.8 Å². The molecule has 31 heavy (non-hydrogen) atoms. The first-order valence-corrected chi connectivity index (χ1v) is 10.7. The largest absolute Gasteiger partial charge is 0.496 e. The Morgan fingerprint density at radius 2 is 1.84 bits per heavy atom. The monoisotopic (exact) mass is 417 g/mol. The van der Waals surface area contributed by atoms with Crippen LogP contribution in [0.25, 0.3) is 11.3 Å². The van der Waals surface area contributed by atoms with Crippen LogP contribution < -0.4 is 9.47 Å². The van der Waals surface area contributed by atoms with E-state index in [2.05, 4.69) is 9.97 Å². The molecule has 2 aromatic carbocycles. The number of methoxy groups -OCH3 is 1. The third-order valence-corrected chi connectivity index (χ3v) is 5.58. The van der Waals surface area contributed by atoms with Crippen molar-refractivity contribution in [2.24, 2.45) is 0 Å². The summed E-state index contributed by atoms with van der Waals surface area (Å²) in [5, 5.41) is 0. The zero-order valence-electron chi connectivity index (χ0n) is 17.7. The molecule has 0 bridgehead atoms. The molecule has 4 rings (SSSR count). The van der Waals surface area contributed by atoms with Crippen LogP contribution in [0.5, 0.6) is 11.5 Å². The van der Waals surface area contributed by atoms with Gasteiger partial charge in [0.25, 0.3) is 0 Å². The van der Waals surface area contributed by atoms with Crippen LogP contribution in [0.1, 0.15) is 30.9 Å². The van der Waals surface area contributed by atoms with Crippen molar-refractivity contribution in [3.05, 3.63) is 72.7 Å². The molecule has 160 valence electrons. The molecule has 0 radical (unpaired) electrons. The number of amides is 1. The zero-order chi connectivity index (χ0) is 21.5. The number of para-hydroxylation sites is 2. The quantitative estimate of drug-likeness (QED) is 0.573. The molecule has 6 heteroatoms. The Morgan fingerprint density at radius 1 is 1.06 bits per heavy atom. The van der Waals surface area contributed by atoms with Crippen LogP contribution in [0.3, 0.4) is 0 Å². The number of nitrogens with zero attached hydrogens (tertiary/aromatic N) is 3. The van der Waals surface area contributed by atoms with Crippen molar-refractivity contribution >= 4 is 5.91 Å². The fraction of sp³-hybridized carbons (Fsp3) is 0.320. The fourth-order valence-corrected chi connectivity index (χ4v) is 4.05. The Hall–Kier alpha value is -3.41. The number of ether oxygens (including phenoxy) is 2. The second-order valence-electron chi connectivity index (χ2n) is 7.58. The fourth-order valence-electron chi connectivity index (χ4n) is 4.05. The number of aromatic nitrogens is 2. The lowest BCUT2D eigenvalue weighted by molar-refractivity contribution is -0.132. The zero-order valence-corrected chi connectivity index (χ0v) is 17.7. The maximum atomic E-state index is 12.8. The van der Waals surface area contributed by atoms with Gasteiger partial charge in [-0.15, -0.1) is 0 Å². The first-order valence-electron chi connectivity index (χ1n) is 10.7. The van der Waals surface area contributed by atoms with E-state index in [4.69, 9.17) is 9.47 Å². The van der Waals surface area contributed by atoms with Crippen LogP contribution in [0.4, 0.5) is 0 Å². The van der Waals surface area contributed by atoms with Gasteiger partial charge in [0, 0.05) is 37.0 Å². The molecule has 0 spiro atoms. The Morgan fingerprint density at radius 3 is 2.68 bits per heavy atom. The van der Waals surface area contributed by atoms with Crippen LogP contribution in [0.15, 0.2) is 67.0 Å². The first-order chi connectivity index (χ1) is 15.3. The van der Waals surface area contributed by atoms with Crippen molar-refractivity contribution in [3.8, 4) is 22.8 Å². The predicted molar refractivity (Wildman–Crippen MR) is 119 cm³/mol. The van der Waals surface area contributed by atoms with Crippen molar-refractivity contribution < 1.29 is 14.3 Å². The molecular formula is C25H27N3O3. The van der Waals surface area contributed by atoms with Crippen LogP contribution in [0, 0.1) is 0 Å². The first kappa shape index (κ1) is 20.8. The van der Waals surface area contributed by atoms with Gasteiger partial charge in [-0.05, 0) is 37.1 Å². The van der Waals surface area contributed by atoms with Crippen LogP contribution in [-0.4, -0.2) is 47.6 Å². The minimum absolute atomic E-state index is 0.114. The Balaban J connectivity index is 1.45. The summed E-state index contributed by atoms with van der Waals surface area (Å²) in [5.74, 6) is 1.81. The summed E-state index contributed by atoms with van der Waals surface area (Å²) in [5.41, 5.74) is 2.67. The van der Waals surface area contributed by atoms with Gasteiger partial charge in [-0.25, -0.2) is 0 Å². The summed E-state index contributed by atoms with van der Waals surface area (Å²) in [4.78, 5) is 24.0. The summed E-state index contributed by atoms with van der Waals surface area (Å²) < 4.78 is 11.2. The van der Waals surface area contributed by atoms with E-state index in [0.29, 0.717) is 19.6 Å². The molecule has 1 fully saturated rings. The van der Waals surface area contributed by atoms with E-state index in [1.807, 2.05) is 59.5 Å². The second-order valence-corrected chi connectivity index (χ2v) is 7.58. The van der Waals surface area contributed by atoms with Gasteiger partial charge >= 0.3 is 0 Å². The molecule has 0 N–H and O–H groups in total. The lowest BCUT2D eigenvalue weighted by atomic mass is 9.91. The summed E-state index contributed by atoms with van der Waals surface area (Å²) in [6.45, 7) is 1.79. The molecule has 6 nitrogen and oxygen atoms in total. The maximum Gasteiger partial charge on any atom is 0.226 e. The Bertz CT molecular complexity index is 1010. The SMILES string of the molecule is COc1ccccc1-c1nccnc1[C@H]1CCCN(C(=O)CCOc2ccccc2)C1. The topological polar surface area (TPSA) is 64.6 Å².